The number of carbonyl (C=O) groups is 1. The third kappa shape index (κ3) is 6.91. The van der Waals surface area contributed by atoms with E-state index in [1.165, 1.54) is 56.6 Å². The first-order chi connectivity index (χ1) is 20.9. The van der Waals surface area contributed by atoms with Crippen LogP contribution in [0.25, 0.3) is 33.6 Å². The number of fused-ring (bicyclic) bond motifs is 1. The van der Waals surface area contributed by atoms with Crippen LogP contribution in [0.15, 0.2) is 89.9 Å². The van der Waals surface area contributed by atoms with E-state index in [1.807, 2.05) is 0 Å². The predicted octanol–water partition coefficient (Wildman–Crippen LogP) is 7.04. The van der Waals surface area contributed by atoms with Crippen molar-refractivity contribution in [3.8, 4) is 22.6 Å². The van der Waals surface area contributed by atoms with Crippen molar-refractivity contribution < 1.29 is 31.1 Å². The highest BCUT2D eigenvalue weighted by atomic mass is 35.5. The molecule has 1 atom stereocenters. The minimum atomic E-state index is -3.78. The van der Waals surface area contributed by atoms with E-state index in [0.717, 1.165) is 16.1 Å². The number of benzene rings is 2. The zero-order valence-electron chi connectivity index (χ0n) is 24.2. The molecule has 0 radical (unpaired) electrons. The number of amides is 1. The average molecular weight is 642 g/mol. The van der Waals surface area contributed by atoms with Crippen LogP contribution in [0, 0.1) is 5.82 Å². The minimum absolute atomic E-state index is 0.0790. The molecule has 4 aromatic rings. The fraction of sp³-hybridized carbons (Fsp3) is 0.188. The van der Waals surface area contributed by atoms with Gasteiger partial charge in [-0.25, -0.2) is 22.2 Å². The Kier molecular flexibility index (Phi) is 10.0. The Morgan fingerprint density at radius 2 is 1.91 bits per heavy atom. The van der Waals surface area contributed by atoms with Gasteiger partial charge in [0.25, 0.3) is 5.91 Å². The van der Waals surface area contributed by atoms with Gasteiger partial charge in [0.15, 0.2) is 6.17 Å². The average Bonchev–Trinajstić information content (AvgIpc) is 3.37. The Morgan fingerprint density at radius 3 is 2.50 bits per heavy atom. The summed E-state index contributed by atoms with van der Waals surface area (Å²) < 4.78 is 66.6. The molecular formula is C32H30ClF2N3O5S. The van der Waals surface area contributed by atoms with Crippen molar-refractivity contribution >= 4 is 44.2 Å². The lowest BCUT2D eigenvalue weighted by atomic mass is 10.0. The normalized spacial score (nSPS) is 12.6. The number of furan rings is 1. The number of nitrogens with one attached hydrogen (secondary N) is 1. The summed E-state index contributed by atoms with van der Waals surface area (Å²) in [6.45, 7) is 7.12. The van der Waals surface area contributed by atoms with Crippen LogP contribution in [0.1, 0.15) is 22.1 Å². The molecule has 1 amide bonds. The molecule has 0 aliphatic rings. The van der Waals surface area contributed by atoms with Gasteiger partial charge in [0.2, 0.25) is 10.0 Å². The van der Waals surface area contributed by atoms with Gasteiger partial charge in [-0.05, 0) is 42.0 Å². The largest absolute Gasteiger partial charge is 0.455 e. The summed E-state index contributed by atoms with van der Waals surface area (Å²) in [6.07, 6.45) is 4.28. The summed E-state index contributed by atoms with van der Waals surface area (Å²) in [6, 6.07) is 11.4. The maximum Gasteiger partial charge on any atom is 0.255 e. The maximum absolute atomic E-state index is 15.1. The Hall–Kier alpha value is -4.32. The van der Waals surface area contributed by atoms with E-state index < -0.39 is 27.9 Å². The summed E-state index contributed by atoms with van der Waals surface area (Å²) in [5, 5.41) is 2.77. The summed E-state index contributed by atoms with van der Waals surface area (Å²) in [4.78, 5) is 17.5. The lowest BCUT2D eigenvalue weighted by molar-refractivity contribution is 0.0964. The minimum Gasteiger partial charge on any atom is -0.455 e. The molecular weight excluding hydrogens is 612 g/mol. The first kappa shape index (κ1) is 32.6. The van der Waals surface area contributed by atoms with Crippen LogP contribution in [-0.2, 0) is 14.8 Å². The van der Waals surface area contributed by atoms with Crippen molar-refractivity contribution in [2.45, 2.75) is 6.17 Å². The molecule has 0 aliphatic heterocycles. The summed E-state index contributed by atoms with van der Waals surface area (Å²) in [5.74, 6) is -0.791. The Balaban J connectivity index is 1.84. The van der Waals surface area contributed by atoms with Crippen LogP contribution in [0.5, 0.6) is 0 Å². The van der Waals surface area contributed by atoms with Gasteiger partial charge in [-0.2, -0.15) is 0 Å². The van der Waals surface area contributed by atoms with E-state index in [-0.39, 0.29) is 57.8 Å². The van der Waals surface area contributed by atoms with E-state index in [2.05, 4.69) is 23.5 Å². The van der Waals surface area contributed by atoms with Crippen LogP contribution in [0.3, 0.4) is 0 Å². The number of anilines is 1. The van der Waals surface area contributed by atoms with Gasteiger partial charge in [-0.3, -0.25) is 9.10 Å². The highest BCUT2D eigenvalue weighted by molar-refractivity contribution is 7.92. The molecule has 0 bridgehead atoms. The number of nitrogens with zero attached hydrogens (tertiary/aromatic N) is 2. The first-order valence-corrected chi connectivity index (χ1v) is 15.5. The second-order valence-electron chi connectivity index (χ2n) is 9.73. The topological polar surface area (TPSA) is 102 Å². The van der Waals surface area contributed by atoms with E-state index in [4.69, 9.17) is 20.8 Å². The van der Waals surface area contributed by atoms with Crippen molar-refractivity contribution in [1.82, 2.24) is 10.3 Å². The van der Waals surface area contributed by atoms with Gasteiger partial charge in [0.1, 0.15) is 22.3 Å². The zero-order chi connectivity index (χ0) is 32.2. The number of carbonyl (C=O) groups excluding carboxylic acids is 1. The SMILES string of the molecule is C=CC=C(C=C)COCC(F)c1ccc(-c2cc3c(C(=O)NC)c(-c4ccc(F)cc4)oc3cc2N(C)S(C)(=O)=O)nc1Cl. The number of alkyl halides is 1. The molecule has 12 heteroatoms. The molecule has 1 N–H and O–H groups in total. The molecule has 0 spiro atoms. The van der Waals surface area contributed by atoms with Crippen molar-refractivity contribution in [3.63, 3.8) is 0 Å². The molecule has 1 unspecified atom stereocenters. The lowest BCUT2D eigenvalue weighted by Crippen LogP contribution is -2.25. The van der Waals surface area contributed by atoms with E-state index in [9.17, 15) is 17.6 Å². The number of sulfonamides is 1. The van der Waals surface area contributed by atoms with Crippen molar-refractivity contribution in [1.29, 1.82) is 0 Å². The molecule has 0 saturated heterocycles. The van der Waals surface area contributed by atoms with Gasteiger partial charge in [0.05, 0.1) is 36.4 Å². The van der Waals surface area contributed by atoms with Crippen LogP contribution < -0.4 is 9.62 Å². The summed E-state index contributed by atoms with van der Waals surface area (Å²) >= 11 is 6.44. The van der Waals surface area contributed by atoms with Crippen LogP contribution in [-0.4, -0.2) is 52.9 Å². The molecule has 4 rings (SSSR count). The fourth-order valence-electron chi connectivity index (χ4n) is 4.46. The second kappa shape index (κ2) is 13.5. The first-order valence-electron chi connectivity index (χ1n) is 13.2. The molecule has 230 valence electrons. The van der Waals surface area contributed by atoms with Gasteiger partial charge < -0.3 is 14.5 Å². The maximum atomic E-state index is 15.1. The number of halogens is 3. The molecule has 8 nitrogen and oxygen atoms in total. The number of hydrogen-bond acceptors (Lipinski definition) is 6. The summed E-state index contributed by atoms with van der Waals surface area (Å²) in [5.41, 5.74) is 2.26. The van der Waals surface area contributed by atoms with Gasteiger partial charge in [-0.1, -0.05) is 49.1 Å². The van der Waals surface area contributed by atoms with Gasteiger partial charge in [-0.15, -0.1) is 0 Å². The molecule has 0 aliphatic carbocycles. The van der Waals surface area contributed by atoms with Crippen LogP contribution in [0.4, 0.5) is 14.5 Å². The Labute approximate surface area is 259 Å². The highest BCUT2D eigenvalue weighted by Crippen LogP contribution is 2.41. The number of aromatic nitrogens is 1. The zero-order valence-corrected chi connectivity index (χ0v) is 25.8. The summed E-state index contributed by atoms with van der Waals surface area (Å²) in [7, 11) is -0.970. The molecule has 0 fully saturated rings. The van der Waals surface area contributed by atoms with Crippen LogP contribution in [0.2, 0.25) is 5.15 Å². The van der Waals surface area contributed by atoms with Gasteiger partial charge in [0, 0.05) is 42.2 Å². The molecule has 2 aromatic heterocycles. The molecule has 0 saturated carbocycles. The number of allylic oxidation sites excluding steroid dienone is 2. The third-order valence-electron chi connectivity index (χ3n) is 6.82. The lowest BCUT2D eigenvalue weighted by Gasteiger charge is -2.21. The highest BCUT2D eigenvalue weighted by Gasteiger charge is 2.27. The fourth-order valence-corrected chi connectivity index (χ4v) is 5.24. The van der Waals surface area contributed by atoms with Crippen molar-refractivity contribution in [3.05, 3.63) is 108 Å². The van der Waals surface area contributed by atoms with Crippen molar-refractivity contribution in [2.75, 3.05) is 37.9 Å². The van der Waals surface area contributed by atoms with Crippen LogP contribution >= 0.6 is 11.6 Å². The Morgan fingerprint density at radius 1 is 1.20 bits per heavy atom. The van der Waals surface area contributed by atoms with E-state index in [1.54, 1.807) is 24.3 Å². The van der Waals surface area contributed by atoms with E-state index >= 15 is 4.39 Å². The smallest absolute Gasteiger partial charge is 0.255 e. The van der Waals surface area contributed by atoms with E-state index in [0.29, 0.717) is 10.9 Å². The van der Waals surface area contributed by atoms with Gasteiger partial charge >= 0.3 is 0 Å². The number of rotatable bonds is 12. The number of ether oxygens (including phenoxy) is 1. The third-order valence-corrected chi connectivity index (χ3v) is 8.32. The molecule has 2 heterocycles. The monoisotopic (exact) mass is 641 g/mol. The van der Waals surface area contributed by atoms with Crippen molar-refractivity contribution in [2.24, 2.45) is 0 Å². The number of pyridine rings is 1. The molecule has 2 aromatic carbocycles. The Bertz CT molecular complexity index is 1870. The quantitative estimate of drug-likeness (QED) is 0.132. The number of hydrogen-bond donors (Lipinski definition) is 1. The second-order valence-corrected chi connectivity index (χ2v) is 12.1. The molecule has 44 heavy (non-hydrogen) atoms. The predicted molar refractivity (Wildman–Crippen MR) is 170 cm³/mol. The standard InChI is InChI=1S/C32H30ClF2N3O5S/c1-6-8-19(7-2)17-42-18-25(35)22-13-14-26(37-31(22)33)23-15-24-28(16-27(23)38(4)44(5,40)41)43-30(29(24)32(39)36-3)20-9-11-21(34)12-10-20/h6-16,25H,1-2,17-18H2,3-5H3,(H,36,39).